The molecule has 178 valence electrons. The highest BCUT2D eigenvalue weighted by atomic mass is 35.5. The maximum atomic E-state index is 13.3. The van der Waals surface area contributed by atoms with Crippen LogP contribution in [0.2, 0.25) is 5.02 Å². The second kappa shape index (κ2) is 10.7. The Morgan fingerprint density at radius 1 is 0.941 bits per heavy atom. The van der Waals surface area contributed by atoms with Crippen LogP contribution >= 0.6 is 11.6 Å². The van der Waals surface area contributed by atoms with Gasteiger partial charge in [-0.1, -0.05) is 72.3 Å². The Hall–Kier alpha value is -2.71. The Balaban J connectivity index is 1.60. The van der Waals surface area contributed by atoms with Crippen LogP contribution in [0.4, 0.5) is 0 Å². The van der Waals surface area contributed by atoms with Gasteiger partial charge in [0.05, 0.1) is 28.7 Å². The Kier molecular flexibility index (Phi) is 7.68. The van der Waals surface area contributed by atoms with Crippen molar-refractivity contribution in [2.75, 3.05) is 26.3 Å². The first-order chi connectivity index (χ1) is 16.4. The minimum absolute atomic E-state index is 0.0410. The van der Waals surface area contributed by atoms with Crippen LogP contribution in [-0.2, 0) is 14.8 Å². The molecule has 8 heteroatoms. The van der Waals surface area contributed by atoms with Gasteiger partial charge in [0.25, 0.3) is 5.91 Å². The van der Waals surface area contributed by atoms with Crippen molar-refractivity contribution in [2.24, 2.45) is 0 Å². The van der Waals surface area contributed by atoms with Gasteiger partial charge in [-0.15, -0.1) is 0 Å². The van der Waals surface area contributed by atoms with E-state index in [2.05, 4.69) is 5.32 Å². The summed E-state index contributed by atoms with van der Waals surface area (Å²) in [6.45, 7) is 3.18. The van der Waals surface area contributed by atoms with Gasteiger partial charge in [0, 0.05) is 25.0 Å². The number of amides is 1. The van der Waals surface area contributed by atoms with Crippen LogP contribution < -0.4 is 5.32 Å². The van der Waals surface area contributed by atoms with E-state index < -0.39 is 15.9 Å². The highest BCUT2D eigenvalue weighted by molar-refractivity contribution is 7.89. The van der Waals surface area contributed by atoms with Crippen LogP contribution in [0.5, 0.6) is 0 Å². The molecule has 0 spiro atoms. The van der Waals surface area contributed by atoms with Gasteiger partial charge in [0.15, 0.2) is 0 Å². The molecule has 0 aliphatic carbocycles. The SMILES string of the molecule is CC(NC(=O)c1cc(S(=O)(=O)N2CCOCC2)ccc1Cl)C(c1ccccc1)c1ccccc1. The van der Waals surface area contributed by atoms with Crippen molar-refractivity contribution in [2.45, 2.75) is 23.8 Å². The first-order valence-corrected chi connectivity index (χ1v) is 13.0. The Morgan fingerprint density at radius 3 is 2.06 bits per heavy atom. The van der Waals surface area contributed by atoms with E-state index in [1.807, 2.05) is 67.6 Å². The predicted molar refractivity (Wildman–Crippen MR) is 133 cm³/mol. The summed E-state index contributed by atoms with van der Waals surface area (Å²) in [5.74, 6) is -0.515. The summed E-state index contributed by atoms with van der Waals surface area (Å²) < 4.78 is 32.8. The number of sulfonamides is 1. The molecule has 3 aromatic carbocycles. The molecule has 1 atom stereocenters. The quantitative estimate of drug-likeness (QED) is 0.526. The second-order valence-corrected chi connectivity index (χ2v) is 10.6. The first-order valence-electron chi connectivity index (χ1n) is 11.2. The van der Waals surface area contributed by atoms with Crippen molar-refractivity contribution in [1.82, 2.24) is 9.62 Å². The fraction of sp³-hybridized carbons (Fsp3) is 0.269. The summed E-state index contributed by atoms with van der Waals surface area (Å²) in [5.41, 5.74) is 2.26. The average Bonchev–Trinajstić information content (AvgIpc) is 2.86. The molecule has 3 aromatic rings. The van der Waals surface area contributed by atoms with Gasteiger partial charge in [-0.25, -0.2) is 8.42 Å². The molecule has 1 amide bonds. The van der Waals surface area contributed by atoms with Gasteiger partial charge in [-0.2, -0.15) is 4.31 Å². The zero-order valence-corrected chi connectivity index (χ0v) is 20.4. The standard InChI is InChI=1S/C26H27ClN2O4S/c1-19(25(20-8-4-2-5-9-20)21-10-6-3-7-11-21)28-26(30)23-18-22(12-13-24(23)27)34(31,32)29-14-16-33-17-15-29/h2-13,18-19,25H,14-17H2,1H3,(H,28,30). The van der Waals surface area contributed by atoms with Crippen LogP contribution in [0.15, 0.2) is 83.8 Å². The van der Waals surface area contributed by atoms with E-state index in [1.54, 1.807) is 0 Å². The van der Waals surface area contributed by atoms with Gasteiger partial charge in [0.2, 0.25) is 10.0 Å². The lowest BCUT2D eigenvalue weighted by Crippen LogP contribution is -2.41. The molecule has 0 saturated carbocycles. The third kappa shape index (κ3) is 5.33. The normalized spacial score (nSPS) is 15.7. The van der Waals surface area contributed by atoms with E-state index in [-0.39, 0.29) is 40.5 Å². The second-order valence-electron chi connectivity index (χ2n) is 8.22. The molecule has 1 N–H and O–H groups in total. The molecule has 1 saturated heterocycles. The van der Waals surface area contributed by atoms with E-state index in [0.717, 1.165) is 11.1 Å². The van der Waals surface area contributed by atoms with Crippen LogP contribution in [-0.4, -0.2) is 51.0 Å². The molecular formula is C26H27ClN2O4S. The molecular weight excluding hydrogens is 472 g/mol. The minimum Gasteiger partial charge on any atom is -0.379 e. The number of hydrogen-bond donors (Lipinski definition) is 1. The van der Waals surface area contributed by atoms with Crippen LogP contribution in [0, 0.1) is 0 Å². The number of ether oxygens (including phenoxy) is 1. The number of carbonyl (C=O) groups excluding carboxylic acids is 1. The molecule has 0 radical (unpaired) electrons. The average molecular weight is 499 g/mol. The lowest BCUT2D eigenvalue weighted by Gasteiger charge is -2.27. The van der Waals surface area contributed by atoms with Crippen molar-refractivity contribution in [1.29, 1.82) is 0 Å². The van der Waals surface area contributed by atoms with E-state index in [0.29, 0.717) is 13.2 Å². The number of nitrogens with zero attached hydrogens (tertiary/aromatic N) is 1. The highest BCUT2D eigenvalue weighted by Crippen LogP contribution is 2.29. The monoisotopic (exact) mass is 498 g/mol. The van der Waals surface area contributed by atoms with Crippen LogP contribution in [0.1, 0.15) is 34.3 Å². The summed E-state index contributed by atoms with van der Waals surface area (Å²) in [6.07, 6.45) is 0. The van der Waals surface area contributed by atoms with Crippen molar-refractivity contribution >= 4 is 27.5 Å². The topological polar surface area (TPSA) is 75.7 Å². The summed E-state index contributed by atoms with van der Waals surface area (Å²) >= 11 is 6.33. The summed E-state index contributed by atoms with van der Waals surface area (Å²) in [6, 6.07) is 23.9. The molecule has 4 rings (SSSR count). The van der Waals surface area contributed by atoms with Crippen molar-refractivity contribution < 1.29 is 17.9 Å². The molecule has 1 aliphatic heterocycles. The molecule has 0 bridgehead atoms. The number of nitrogens with one attached hydrogen (secondary N) is 1. The third-order valence-corrected chi connectivity index (χ3v) is 8.19. The van der Waals surface area contributed by atoms with Crippen LogP contribution in [0.25, 0.3) is 0 Å². The largest absolute Gasteiger partial charge is 0.379 e. The number of rotatable bonds is 7. The Morgan fingerprint density at radius 2 is 1.50 bits per heavy atom. The fourth-order valence-corrected chi connectivity index (χ4v) is 5.87. The van der Waals surface area contributed by atoms with E-state index >= 15 is 0 Å². The number of hydrogen-bond acceptors (Lipinski definition) is 4. The molecule has 6 nitrogen and oxygen atoms in total. The smallest absolute Gasteiger partial charge is 0.253 e. The van der Waals surface area contributed by atoms with Crippen molar-refractivity contribution in [3.8, 4) is 0 Å². The zero-order valence-electron chi connectivity index (χ0n) is 18.9. The third-order valence-electron chi connectivity index (χ3n) is 5.97. The lowest BCUT2D eigenvalue weighted by atomic mass is 9.85. The molecule has 0 aromatic heterocycles. The fourth-order valence-electron chi connectivity index (χ4n) is 4.23. The molecule has 1 aliphatic rings. The number of benzene rings is 3. The maximum absolute atomic E-state index is 13.3. The van der Waals surface area contributed by atoms with Gasteiger partial charge in [0.1, 0.15) is 0 Å². The van der Waals surface area contributed by atoms with E-state index in [4.69, 9.17) is 16.3 Å². The molecule has 1 fully saturated rings. The molecule has 1 heterocycles. The molecule has 34 heavy (non-hydrogen) atoms. The van der Waals surface area contributed by atoms with Gasteiger partial charge in [-0.05, 0) is 36.2 Å². The van der Waals surface area contributed by atoms with Gasteiger partial charge < -0.3 is 10.1 Å². The minimum atomic E-state index is -3.75. The molecule has 1 unspecified atom stereocenters. The van der Waals surface area contributed by atoms with Crippen molar-refractivity contribution in [3.63, 3.8) is 0 Å². The first kappa shape index (κ1) is 24.4. The van der Waals surface area contributed by atoms with E-state index in [1.165, 1.54) is 22.5 Å². The number of carbonyl (C=O) groups is 1. The highest BCUT2D eigenvalue weighted by Gasteiger charge is 2.29. The summed E-state index contributed by atoms with van der Waals surface area (Å²) in [4.78, 5) is 13.3. The van der Waals surface area contributed by atoms with E-state index in [9.17, 15) is 13.2 Å². The van der Waals surface area contributed by atoms with Crippen molar-refractivity contribution in [3.05, 3.63) is 101 Å². The Bertz CT molecular complexity index is 1190. The number of morpholine rings is 1. The predicted octanol–water partition coefficient (Wildman–Crippen LogP) is 4.31. The maximum Gasteiger partial charge on any atom is 0.253 e. The summed E-state index contributed by atoms with van der Waals surface area (Å²) in [7, 11) is -3.75. The zero-order chi connectivity index (χ0) is 24.1. The Labute approximate surface area is 205 Å². The summed E-state index contributed by atoms with van der Waals surface area (Å²) in [5, 5.41) is 3.24. The number of halogens is 1. The van der Waals surface area contributed by atoms with Gasteiger partial charge >= 0.3 is 0 Å². The lowest BCUT2D eigenvalue weighted by molar-refractivity contribution is 0.0730. The van der Waals surface area contributed by atoms with Gasteiger partial charge in [-0.3, -0.25) is 4.79 Å². The van der Waals surface area contributed by atoms with Crippen LogP contribution in [0.3, 0.4) is 0 Å².